The number of cyclic esters (lactones) is 1. The summed E-state index contributed by atoms with van der Waals surface area (Å²) >= 11 is 2.32. The molecule has 3 heterocycles. The fourth-order valence-electron chi connectivity index (χ4n) is 3.02. The fourth-order valence-corrected chi connectivity index (χ4v) is 4.11. The summed E-state index contributed by atoms with van der Waals surface area (Å²) in [7, 11) is 0. The molecule has 1 unspecified atom stereocenters. The van der Waals surface area contributed by atoms with Gasteiger partial charge in [0.1, 0.15) is 10.7 Å². The number of amides is 2. The van der Waals surface area contributed by atoms with Crippen LogP contribution in [0.4, 0.5) is 4.79 Å². The van der Waals surface area contributed by atoms with Crippen molar-refractivity contribution in [2.75, 3.05) is 26.2 Å². The van der Waals surface area contributed by atoms with E-state index >= 15 is 0 Å². The van der Waals surface area contributed by atoms with Crippen LogP contribution in [0.3, 0.4) is 0 Å². The number of nitrogens with zero attached hydrogens (tertiary/aromatic N) is 2. The summed E-state index contributed by atoms with van der Waals surface area (Å²) < 4.78 is 5.17. The molecule has 3 aliphatic heterocycles. The minimum Gasteiger partial charge on any atom is -0.456 e. The first-order chi connectivity index (χ1) is 9.59. The molecule has 0 bridgehead atoms. The largest absolute Gasteiger partial charge is 0.456 e. The summed E-state index contributed by atoms with van der Waals surface area (Å²) in [5.74, 6) is -0.307. The van der Waals surface area contributed by atoms with Gasteiger partial charge in [-0.15, -0.1) is 0 Å². The lowest BCUT2D eigenvalue weighted by atomic mass is 10.1. The van der Waals surface area contributed by atoms with Gasteiger partial charge in [0.25, 0.3) is 0 Å². The normalized spacial score (nSPS) is 28.6. The molecule has 0 spiro atoms. The summed E-state index contributed by atoms with van der Waals surface area (Å²) in [4.78, 5) is 27.8. The quantitative estimate of drug-likeness (QED) is 0.331. The highest BCUT2D eigenvalue weighted by molar-refractivity contribution is 14.1. The van der Waals surface area contributed by atoms with Crippen molar-refractivity contribution in [1.82, 2.24) is 15.1 Å². The number of nitrogens with one attached hydrogen (secondary N) is 1. The van der Waals surface area contributed by atoms with Crippen molar-refractivity contribution in [2.24, 2.45) is 0 Å². The third-order valence-electron chi connectivity index (χ3n) is 4.19. The van der Waals surface area contributed by atoms with E-state index in [0.29, 0.717) is 18.2 Å². The van der Waals surface area contributed by atoms with Crippen LogP contribution >= 0.6 is 22.6 Å². The van der Waals surface area contributed by atoms with Gasteiger partial charge in [0.15, 0.2) is 0 Å². The maximum Gasteiger partial charge on any atom is 0.336 e. The van der Waals surface area contributed by atoms with Gasteiger partial charge in [0, 0.05) is 6.04 Å². The number of piperidine rings is 1. The summed E-state index contributed by atoms with van der Waals surface area (Å²) in [6.07, 6.45) is 1.99. The molecule has 0 aromatic carbocycles. The van der Waals surface area contributed by atoms with Crippen molar-refractivity contribution in [3.05, 3.63) is 11.3 Å². The molecule has 0 aliphatic carbocycles. The Balaban J connectivity index is 1.80. The zero-order chi connectivity index (χ0) is 14.3. The molecule has 2 amide bonds. The van der Waals surface area contributed by atoms with Gasteiger partial charge in [-0.2, -0.15) is 0 Å². The van der Waals surface area contributed by atoms with E-state index in [0.717, 1.165) is 31.6 Å². The van der Waals surface area contributed by atoms with E-state index < -0.39 is 0 Å². The van der Waals surface area contributed by atoms with Crippen LogP contribution < -0.4 is 5.32 Å². The lowest BCUT2D eigenvalue weighted by Gasteiger charge is -2.33. The maximum atomic E-state index is 12.7. The second-order valence-corrected chi connectivity index (χ2v) is 6.80. The first-order valence-electron chi connectivity index (χ1n) is 6.91. The molecule has 0 aromatic rings. The number of hydrogen-bond donors (Lipinski definition) is 1. The van der Waals surface area contributed by atoms with Crippen LogP contribution in [0, 0.1) is 0 Å². The highest BCUT2D eigenvalue weighted by Gasteiger charge is 2.43. The highest BCUT2D eigenvalue weighted by atomic mass is 127. The molecule has 110 valence electrons. The van der Waals surface area contributed by atoms with Crippen LogP contribution in [-0.4, -0.2) is 58.1 Å². The molecule has 1 atom stereocenters. The number of carbonyl (C=O) groups is 2. The number of hydrogen-bond acceptors (Lipinski definition) is 4. The molecule has 3 rings (SSSR count). The van der Waals surface area contributed by atoms with E-state index in [1.54, 1.807) is 11.8 Å². The van der Waals surface area contributed by atoms with Crippen molar-refractivity contribution in [3.8, 4) is 0 Å². The number of rotatable bonds is 2. The van der Waals surface area contributed by atoms with Gasteiger partial charge in [-0.05, 0) is 32.9 Å². The van der Waals surface area contributed by atoms with Crippen LogP contribution in [0.25, 0.3) is 0 Å². The Morgan fingerprint density at radius 2 is 2.00 bits per heavy atom. The molecule has 2 fully saturated rings. The summed E-state index contributed by atoms with van der Waals surface area (Å²) in [5, 5.41) is 3.32. The molecule has 20 heavy (non-hydrogen) atoms. The Morgan fingerprint density at radius 1 is 1.30 bits per heavy atom. The van der Waals surface area contributed by atoms with Gasteiger partial charge < -0.3 is 15.0 Å². The number of carbonyl (C=O) groups excluding carboxylic acids is 2. The number of urea groups is 1. The molecule has 3 aliphatic rings. The topological polar surface area (TPSA) is 61.9 Å². The zero-order valence-electron chi connectivity index (χ0n) is 11.4. The van der Waals surface area contributed by atoms with E-state index in [1.165, 1.54) is 0 Å². The van der Waals surface area contributed by atoms with E-state index in [-0.39, 0.29) is 22.7 Å². The monoisotopic (exact) mass is 391 g/mol. The lowest BCUT2D eigenvalue weighted by Crippen LogP contribution is -2.46. The minimum absolute atomic E-state index is 0.0175. The number of alkyl halides is 1. The van der Waals surface area contributed by atoms with Crippen LogP contribution in [0.5, 0.6) is 0 Å². The van der Waals surface area contributed by atoms with Crippen LogP contribution in [0.15, 0.2) is 11.3 Å². The van der Waals surface area contributed by atoms with Gasteiger partial charge in [-0.3, -0.25) is 4.90 Å². The van der Waals surface area contributed by atoms with Crippen LogP contribution in [0.2, 0.25) is 0 Å². The Hall–Kier alpha value is -0.830. The summed E-state index contributed by atoms with van der Waals surface area (Å²) in [6.45, 7) is 4.50. The van der Waals surface area contributed by atoms with Gasteiger partial charge in [-0.25, -0.2) is 9.59 Å². The van der Waals surface area contributed by atoms with E-state index in [9.17, 15) is 9.59 Å². The SMILES string of the molecule is CC1=C(N2CC(I)N(C3CCNCC3)C2=O)COC1=O. The smallest absolute Gasteiger partial charge is 0.336 e. The standard InChI is InChI=1S/C13H18IN3O3/c1-8-10(7-20-12(8)18)16-6-11(14)17(13(16)19)9-2-4-15-5-3-9/h9,11,15H,2-7H2,1H3. The van der Waals surface area contributed by atoms with Crippen molar-refractivity contribution in [3.63, 3.8) is 0 Å². The third-order valence-corrected chi connectivity index (χ3v) is 5.19. The van der Waals surface area contributed by atoms with Crippen LogP contribution in [-0.2, 0) is 9.53 Å². The van der Waals surface area contributed by atoms with Gasteiger partial charge >= 0.3 is 12.0 Å². The predicted octanol–water partition coefficient (Wildman–Crippen LogP) is 1.07. The Labute approximate surface area is 131 Å². The minimum atomic E-state index is -0.307. The second-order valence-electron chi connectivity index (χ2n) is 5.36. The molecular formula is C13H18IN3O3. The third kappa shape index (κ3) is 2.30. The average molecular weight is 391 g/mol. The first-order valence-corrected chi connectivity index (χ1v) is 8.15. The summed E-state index contributed by atoms with van der Waals surface area (Å²) in [5.41, 5.74) is 1.30. The van der Waals surface area contributed by atoms with E-state index in [4.69, 9.17) is 4.74 Å². The highest BCUT2D eigenvalue weighted by Crippen LogP contribution is 2.32. The summed E-state index contributed by atoms with van der Waals surface area (Å²) in [6, 6.07) is 0.318. The molecule has 7 heteroatoms. The molecule has 6 nitrogen and oxygen atoms in total. The van der Waals surface area contributed by atoms with Gasteiger partial charge in [0.2, 0.25) is 0 Å². The Bertz CT molecular complexity index is 473. The molecule has 1 N–H and O–H groups in total. The molecule has 0 aromatic heterocycles. The first kappa shape index (κ1) is 14.1. The molecular weight excluding hydrogens is 373 g/mol. The molecule has 2 saturated heterocycles. The predicted molar refractivity (Wildman–Crippen MR) is 81.3 cm³/mol. The molecule has 0 radical (unpaired) electrons. The second kappa shape index (κ2) is 5.51. The fraction of sp³-hybridized carbons (Fsp3) is 0.692. The maximum absolute atomic E-state index is 12.7. The van der Waals surface area contributed by atoms with Crippen molar-refractivity contribution < 1.29 is 14.3 Å². The van der Waals surface area contributed by atoms with Crippen LogP contribution in [0.1, 0.15) is 19.8 Å². The Kier molecular flexibility index (Phi) is 3.89. The lowest BCUT2D eigenvalue weighted by molar-refractivity contribution is -0.136. The number of ether oxygens (including phenoxy) is 1. The number of esters is 1. The van der Waals surface area contributed by atoms with Gasteiger partial charge in [-0.1, -0.05) is 22.6 Å². The van der Waals surface area contributed by atoms with E-state index in [1.807, 2.05) is 4.90 Å². The van der Waals surface area contributed by atoms with Crippen molar-refractivity contribution in [2.45, 2.75) is 29.9 Å². The molecule has 0 saturated carbocycles. The van der Waals surface area contributed by atoms with Crippen molar-refractivity contribution >= 4 is 34.6 Å². The van der Waals surface area contributed by atoms with E-state index in [2.05, 4.69) is 27.9 Å². The number of halogens is 1. The zero-order valence-corrected chi connectivity index (χ0v) is 13.6. The Morgan fingerprint density at radius 3 is 2.60 bits per heavy atom. The average Bonchev–Trinajstić information content (AvgIpc) is 2.92. The van der Waals surface area contributed by atoms with Gasteiger partial charge in [0.05, 0.1) is 17.8 Å². The van der Waals surface area contributed by atoms with Crippen molar-refractivity contribution in [1.29, 1.82) is 0 Å².